The summed E-state index contributed by atoms with van der Waals surface area (Å²) in [5.41, 5.74) is 8.83. The van der Waals surface area contributed by atoms with Crippen LogP contribution in [0.4, 0.5) is 11.5 Å². The van der Waals surface area contributed by atoms with Crippen molar-refractivity contribution in [2.24, 2.45) is 5.73 Å². The van der Waals surface area contributed by atoms with Gasteiger partial charge >= 0.3 is 0 Å². The highest BCUT2D eigenvalue weighted by atomic mass is 35.5. The standard InChI is InChI=1S/C22H20ClN5O2/c1-2-18(29)26-16-6-4-3-5-15(16)17-11-12-25-22-19(21(24)30)20(27-28(17)22)13-7-9-14(23)10-8-13/h2-10,17,25H,1,11-12H2,(H2,24,30)(H,26,29)/t17-/m0/s1. The lowest BCUT2D eigenvalue weighted by Crippen LogP contribution is -2.27. The molecule has 1 atom stereocenters. The summed E-state index contributed by atoms with van der Waals surface area (Å²) in [6.45, 7) is 4.13. The van der Waals surface area contributed by atoms with Crippen molar-refractivity contribution in [2.75, 3.05) is 17.2 Å². The molecule has 0 spiro atoms. The van der Waals surface area contributed by atoms with E-state index >= 15 is 0 Å². The quantitative estimate of drug-likeness (QED) is 0.545. The van der Waals surface area contributed by atoms with Gasteiger partial charge in [0.25, 0.3) is 5.91 Å². The molecule has 0 unspecified atom stereocenters. The summed E-state index contributed by atoms with van der Waals surface area (Å²) in [5.74, 6) is -0.298. The maximum absolute atomic E-state index is 12.3. The van der Waals surface area contributed by atoms with Crippen molar-refractivity contribution in [3.63, 3.8) is 0 Å². The second-order valence-electron chi connectivity index (χ2n) is 6.90. The largest absolute Gasteiger partial charge is 0.369 e. The molecular formula is C22H20ClN5O2. The van der Waals surface area contributed by atoms with E-state index in [1.54, 1.807) is 28.9 Å². The van der Waals surface area contributed by atoms with E-state index in [-0.39, 0.29) is 11.9 Å². The second-order valence-corrected chi connectivity index (χ2v) is 7.34. The Morgan fingerprint density at radius 1 is 1.23 bits per heavy atom. The number of hydrogen-bond donors (Lipinski definition) is 3. The van der Waals surface area contributed by atoms with E-state index in [2.05, 4.69) is 17.2 Å². The van der Waals surface area contributed by atoms with E-state index in [0.717, 1.165) is 11.1 Å². The maximum atomic E-state index is 12.3. The molecule has 0 aliphatic carbocycles. The predicted molar refractivity (Wildman–Crippen MR) is 118 cm³/mol. The number of nitrogens with zero attached hydrogens (tertiary/aromatic N) is 2. The highest BCUT2D eigenvalue weighted by molar-refractivity contribution is 6.30. The molecule has 2 amide bonds. The van der Waals surface area contributed by atoms with Gasteiger partial charge < -0.3 is 16.4 Å². The molecule has 1 aliphatic rings. The lowest BCUT2D eigenvalue weighted by molar-refractivity contribution is -0.111. The summed E-state index contributed by atoms with van der Waals surface area (Å²) >= 11 is 6.01. The summed E-state index contributed by atoms with van der Waals surface area (Å²) in [7, 11) is 0. The molecule has 0 saturated carbocycles. The van der Waals surface area contributed by atoms with Crippen molar-refractivity contribution in [1.82, 2.24) is 9.78 Å². The van der Waals surface area contributed by atoms with Crippen LogP contribution in [-0.2, 0) is 4.79 Å². The molecule has 7 nitrogen and oxygen atoms in total. The van der Waals surface area contributed by atoms with Gasteiger partial charge in [0, 0.05) is 28.4 Å². The number of primary amides is 1. The van der Waals surface area contributed by atoms with Crippen molar-refractivity contribution < 1.29 is 9.59 Å². The van der Waals surface area contributed by atoms with Crippen LogP contribution in [0, 0.1) is 0 Å². The van der Waals surface area contributed by atoms with Gasteiger partial charge in [-0.05, 0) is 30.7 Å². The topological polar surface area (TPSA) is 102 Å². The average Bonchev–Trinajstić information content (AvgIpc) is 3.14. The number of amides is 2. The van der Waals surface area contributed by atoms with Crippen LogP contribution in [0.15, 0.2) is 61.2 Å². The number of aromatic nitrogens is 2. The fourth-order valence-electron chi connectivity index (χ4n) is 3.69. The van der Waals surface area contributed by atoms with Gasteiger partial charge in [0.2, 0.25) is 5.91 Å². The highest BCUT2D eigenvalue weighted by Crippen LogP contribution is 2.38. The molecule has 30 heavy (non-hydrogen) atoms. The number of carbonyl (C=O) groups excluding carboxylic acids is 2. The van der Waals surface area contributed by atoms with Crippen molar-refractivity contribution in [2.45, 2.75) is 12.5 Å². The first-order valence-electron chi connectivity index (χ1n) is 9.44. The first-order chi connectivity index (χ1) is 14.5. The molecule has 4 rings (SSSR count). The van der Waals surface area contributed by atoms with Crippen LogP contribution >= 0.6 is 11.6 Å². The van der Waals surface area contributed by atoms with Crippen LogP contribution in [0.2, 0.25) is 5.02 Å². The Morgan fingerprint density at radius 3 is 2.67 bits per heavy atom. The van der Waals surface area contributed by atoms with E-state index in [1.807, 2.05) is 24.3 Å². The molecule has 2 aromatic carbocycles. The van der Waals surface area contributed by atoms with E-state index in [0.29, 0.717) is 40.8 Å². The van der Waals surface area contributed by atoms with Gasteiger partial charge in [0.05, 0.1) is 6.04 Å². The Hall–Kier alpha value is -3.58. The van der Waals surface area contributed by atoms with Gasteiger partial charge in [-0.25, -0.2) is 4.68 Å². The van der Waals surface area contributed by atoms with Crippen LogP contribution in [-0.4, -0.2) is 28.1 Å². The van der Waals surface area contributed by atoms with Gasteiger partial charge in [-0.15, -0.1) is 0 Å². The lowest BCUT2D eigenvalue weighted by atomic mass is 9.99. The minimum atomic E-state index is -0.567. The van der Waals surface area contributed by atoms with E-state index in [4.69, 9.17) is 22.4 Å². The van der Waals surface area contributed by atoms with E-state index in [9.17, 15) is 9.59 Å². The van der Waals surface area contributed by atoms with Crippen molar-refractivity contribution in [1.29, 1.82) is 0 Å². The molecule has 1 aliphatic heterocycles. The van der Waals surface area contributed by atoms with Crippen LogP contribution in [0.3, 0.4) is 0 Å². The third-order valence-corrected chi connectivity index (χ3v) is 5.29. The summed E-state index contributed by atoms with van der Waals surface area (Å²) in [4.78, 5) is 24.2. The Labute approximate surface area is 178 Å². The number of halogens is 1. The number of anilines is 2. The number of carbonyl (C=O) groups is 2. The summed E-state index contributed by atoms with van der Waals surface area (Å²) in [6.07, 6.45) is 1.94. The smallest absolute Gasteiger partial charge is 0.254 e. The number of nitrogens with two attached hydrogens (primary N) is 1. The van der Waals surface area contributed by atoms with E-state index < -0.39 is 5.91 Å². The van der Waals surface area contributed by atoms with Crippen LogP contribution in [0.1, 0.15) is 28.4 Å². The first-order valence-corrected chi connectivity index (χ1v) is 9.82. The van der Waals surface area contributed by atoms with E-state index in [1.165, 1.54) is 6.08 Å². The van der Waals surface area contributed by atoms with Crippen LogP contribution in [0.25, 0.3) is 11.3 Å². The monoisotopic (exact) mass is 421 g/mol. The van der Waals surface area contributed by atoms with Gasteiger partial charge in [0.1, 0.15) is 17.1 Å². The first kappa shape index (κ1) is 19.7. The molecule has 0 radical (unpaired) electrons. The average molecular weight is 422 g/mol. The zero-order valence-corrected chi connectivity index (χ0v) is 16.8. The fraction of sp³-hybridized carbons (Fsp3) is 0.136. The maximum Gasteiger partial charge on any atom is 0.254 e. The van der Waals surface area contributed by atoms with Gasteiger partial charge in [0.15, 0.2) is 0 Å². The highest BCUT2D eigenvalue weighted by Gasteiger charge is 2.31. The normalized spacial score (nSPS) is 15.0. The number of benzene rings is 2. The molecule has 4 N–H and O–H groups in total. The molecular weight excluding hydrogens is 402 g/mol. The number of para-hydroxylation sites is 1. The zero-order valence-electron chi connectivity index (χ0n) is 16.1. The third-order valence-electron chi connectivity index (χ3n) is 5.04. The van der Waals surface area contributed by atoms with Gasteiger partial charge in [-0.2, -0.15) is 5.10 Å². The fourth-order valence-corrected chi connectivity index (χ4v) is 3.82. The number of fused-ring (bicyclic) bond motifs is 1. The summed E-state index contributed by atoms with van der Waals surface area (Å²) < 4.78 is 1.77. The minimum absolute atomic E-state index is 0.193. The van der Waals surface area contributed by atoms with Crippen LogP contribution in [0.5, 0.6) is 0 Å². The summed E-state index contributed by atoms with van der Waals surface area (Å²) in [6, 6.07) is 14.4. The van der Waals surface area contributed by atoms with Gasteiger partial charge in [-0.1, -0.05) is 48.5 Å². The van der Waals surface area contributed by atoms with Gasteiger partial charge in [-0.3, -0.25) is 9.59 Å². The lowest BCUT2D eigenvalue weighted by Gasteiger charge is -2.28. The second kappa shape index (κ2) is 8.04. The third kappa shape index (κ3) is 3.55. The number of hydrogen-bond acceptors (Lipinski definition) is 4. The minimum Gasteiger partial charge on any atom is -0.369 e. The molecule has 0 bridgehead atoms. The predicted octanol–water partition coefficient (Wildman–Crippen LogP) is 3.83. The van der Waals surface area contributed by atoms with Crippen LogP contribution < -0.4 is 16.4 Å². The molecule has 3 aromatic rings. The number of rotatable bonds is 5. The molecule has 0 saturated heterocycles. The molecule has 2 heterocycles. The number of nitrogens with one attached hydrogen (secondary N) is 2. The molecule has 1 aromatic heterocycles. The molecule has 152 valence electrons. The Bertz CT molecular complexity index is 1140. The SMILES string of the molecule is C=CC(=O)Nc1ccccc1[C@@H]1CCNc2c(C(N)=O)c(-c3ccc(Cl)cc3)nn21. The summed E-state index contributed by atoms with van der Waals surface area (Å²) in [5, 5.41) is 11.4. The Kier molecular flexibility index (Phi) is 5.29. The Balaban J connectivity index is 1.85. The Morgan fingerprint density at radius 2 is 1.97 bits per heavy atom. The van der Waals surface area contributed by atoms with Crippen molar-refractivity contribution in [3.8, 4) is 11.3 Å². The molecule has 8 heteroatoms. The van der Waals surface area contributed by atoms with Crippen molar-refractivity contribution in [3.05, 3.63) is 77.3 Å². The van der Waals surface area contributed by atoms with Crippen molar-refractivity contribution >= 4 is 34.9 Å². The zero-order chi connectivity index (χ0) is 21.3. The molecule has 0 fully saturated rings.